The third-order valence-electron chi connectivity index (χ3n) is 1.09. The standard InChI is InChI=1S/C5H4N4O/c1-2-4-5(8-6-3-1)10-9-7-4/h1-3,8H. The first kappa shape index (κ1) is 5.16. The van der Waals surface area contributed by atoms with Crippen LogP contribution in [-0.4, -0.2) is 16.6 Å². The van der Waals surface area contributed by atoms with Crippen molar-refractivity contribution < 1.29 is 4.52 Å². The van der Waals surface area contributed by atoms with Crippen LogP contribution in [0.4, 0.5) is 5.88 Å². The lowest BCUT2D eigenvalue weighted by molar-refractivity contribution is 0.404. The van der Waals surface area contributed by atoms with E-state index in [0.29, 0.717) is 11.6 Å². The summed E-state index contributed by atoms with van der Waals surface area (Å²) in [6.07, 6.45) is 5.12. The van der Waals surface area contributed by atoms with Crippen LogP contribution >= 0.6 is 0 Å². The van der Waals surface area contributed by atoms with Crippen molar-refractivity contribution in [3.63, 3.8) is 0 Å². The monoisotopic (exact) mass is 136 g/mol. The van der Waals surface area contributed by atoms with E-state index in [2.05, 4.69) is 20.9 Å². The normalized spacial score (nSPS) is 14.0. The van der Waals surface area contributed by atoms with E-state index in [-0.39, 0.29) is 0 Å². The Morgan fingerprint density at radius 1 is 1.50 bits per heavy atom. The molecule has 1 aromatic heterocycles. The highest BCUT2D eigenvalue weighted by atomic mass is 16.5. The summed E-state index contributed by atoms with van der Waals surface area (Å²) >= 11 is 0. The lowest BCUT2D eigenvalue weighted by Gasteiger charge is -1.87. The van der Waals surface area contributed by atoms with Crippen LogP contribution < -0.4 is 5.43 Å². The first-order valence-corrected chi connectivity index (χ1v) is 2.75. The van der Waals surface area contributed by atoms with Crippen LogP contribution in [0.2, 0.25) is 0 Å². The van der Waals surface area contributed by atoms with Crippen LogP contribution in [-0.2, 0) is 0 Å². The van der Waals surface area contributed by atoms with E-state index in [1.807, 2.05) is 0 Å². The number of hydrazone groups is 1. The predicted octanol–water partition coefficient (Wildman–Crippen LogP) is 0.494. The molecule has 1 aliphatic rings. The van der Waals surface area contributed by atoms with E-state index in [1.165, 1.54) is 0 Å². The van der Waals surface area contributed by atoms with E-state index in [4.69, 9.17) is 4.52 Å². The average Bonchev–Trinajstić information content (AvgIpc) is 2.28. The fraction of sp³-hybridized carbons (Fsp3) is 0. The summed E-state index contributed by atoms with van der Waals surface area (Å²) in [5.74, 6) is 0.477. The summed E-state index contributed by atoms with van der Waals surface area (Å²) < 4.78 is 4.70. The van der Waals surface area contributed by atoms with Gasteiger partial charge < -0.3 is 4.52 Å². The molecular formula is C5H4N4O. The maximum Gasteiger partial charge on any atom is 0.272 e. The highest BCUT2D eigenvalue weighted by Crippen LogP contribution is 2.13. The number of anilines is 1. The molecule has 50 valence electrons. The molecule has 0 bridgehead atoms. The average molecular weight is 136 g/mol. The van der Waals surface area contributed by atoms with Crippen LogP contribution in [0, 0.1) is 0 Å². The minimum atomic E-state index is 0.477. The lowest BCUT2D eigenvalue weighted by atomic mass is 10.4. The number of nitrogens with one attached hydrogen (secondary N) is 1. The minimum absolute atomic E-state index is 0.477. The molecule has 1 N–H and O–H groups in total. The van der Waals surface area contributed by atoms with Gasteiger partial charge in [0.25, 0.3) is 5.88 Å². The second-order valence-corrected chi connectivity index (χ2v) is 1.74. The van der Waals surface area contributed by atoms with Crippen molar-refractivity contribution in [2.24, 2.45) is 5.10 Å². The SMILES string of the molecule is C1=Cc2nnoc2NN=C1. The molecule has 0 spiro atoms. The van der Waals surface area contributed by atoms with Gasteiger partial charge in [-0.1, -0.05) is 0 Å². The van der Waals surface area contributed by atoms with E-state index in [1.54, 1.807) is 18.4 Å². The van der Waals surface area contributed by atoms with Gasteiger partial charge in [-0.15, -0.1) is 5.10 Å². The van der Waals surface area contributed by atoms with Crippen molar-refractivity contribution in [1.82, 2.24) is 10.4 Å². The smallest absolute Gasteiger partial charge is 0.272 e. The topological polar surface area (TPSA) is 63.3 Å². The minimum Gasteiger partial charge on any atom is -0.317 e. The Bertz CT molecular complexity index is 288. The van der Waals surface area contributed by atoms with Gasteiger partial charge in [0.15, 0.2) is 5.69 Å². The Labute approximate surface area is 56.4 Å². The van der Waals surface area contributed by atoms with Gasteiger partial charge in [-0.3, -0.25) is 0 Å². The maximum absolute atomic E-state index is 4.70. The number of hydrogen-bond donors (Lipinski definition) is 1. The molecule has 2 heterocycles. The Morgan fingerprint density at radius 3 is 3.50 bits per heavy atom. The summed E-state index contributed by atoms with van der Waals surface area (Å²) in [5, 5.41) is 10.8. The molecule has 2 rings (SSSR count). The number of allylic oxidation sites excluding steroid dienone is 1. The Hall–Kier alpha value is -1.65. The van der Waals surface area contributed by atoms with Gasteiger partial charge in [-0.05, 0) is 12.2 Å². The molecule has 0 saturated carbocycles. The molecule has 0 amide bonds. The number of fused-ring (bicyclic) bond motifs is 1. The van der Waals surface area contributed by atoms with Crippen LogP contribution in [0.3, 0.4) is 0 Å². The van der Waals surface area contributed by atoms with Gasteiger partial charge in [0.2, 0.25) is 0 Å². The van der Waals surface area contributed by atoms with Gasteiger partial charge in [-0.25, -0.2) is 5.43 Å². The number of aromatic nitrogens is 2. The van der Waals surface area contributed by atoms with E-state index < -0.39 is 0 Å². The Morgan fingerprint density at radius 2 is 2.50 bits per heavy atom. The molecule has 5 heteroatoms. The first-order valence-electron chi connectivity index (χ1n) is 2.75. The van der Waals surface area contributed by atoms with Crippen molar-refractivity contribution >= 4 is 18.2 Å². The summed E-state index contributed by atoms with van der Waals surface area (Å²) in [4.78, 5) is 0. The summed E-state index contributed by atoms with van der Waals surface area (Å²) in [5.41, 5.74) is 3.28. The zero-order valence-electron chi connectivity index (χ0n) is 4.98. The van der Waals surface area contributed by atoms with Gasteiger partial charge >= 0.3 is 0 Å². The van der Waals surface area contributed by atoms with E-state index >= 15 is 0 Å². The number of nitrogens with zero attached hydrogens (tertiary/aromatic N) is 3. The molecule has 1 aliphatic heterocycles. The molecule has 0 aromatic carbocycles. The predicted molar refractivity (Wildman–Crippen MR) is 35.4 cm³/mol. The summed E-state index contributed by atoms with van der Waals surface area (Å²) in [6.45, 7) is 0. The highest BCUT2D eigenvalue weighted by molar-refractivity contribution is 5.81. The van der Waals surface area contributed by atoms with E-state index in [0.717, 1.165) is 0 Å². The van der Waals surface area contributed by atoms with Crippen molar-refractivity contribution in [3.8, 4) is 0 Å². The highest BCUT2D eigenvalue weighted by Gasteiger charge is 2.05. The van der Waals surface area contributed by atoms with Crippen molar-refractivity contribution in [3.05, 3.63) is 11.8 Å². The molecule has 0 saturated heterocycles. The fourth-order valence-corrected chi connectivity index (χ4v) is 0.657. The maximum atomic E-state index is 4.70. The van der Waals surface area contributed by atoms with Gasteiger partial charge in [-0.2, -0.15) is 5.10 Å². The Balaban J connectivity index is 2.50. The fourth-order valence-electron chi connectivity index (χ4n) is 0.657. The zero-order valence-corrected chi connectivity index (χ0v) is 4.98. The first-order chi connectivity index (χ1) is 4.97. The molecule has 0 aliphatic carbocycles. The third-order valence-corrected chi connectivity index (χ3v) is 1.09. The van der Waals surface area contributed by atoms with Crippen molar-refractivity contribution in [2.75, 3.05) is 5.43 Å². The summed E-state index contributed by atoms with van der Waals surface area (Å²) in [7, 11) is 0. The second-order valence-electron chi connectivity index (χ2n) is 1.74. The molecule has 1 aromatic rings. The molecule has 0 unspecified atom stereocenters. The van der Waals surface area contributed by atoms with E-state index in [9.17, 15) is 0 Å². The zero-order chi connectivity index (χ0) is 6.81. The molecule has 0 radical (unpaired) electrons. The van der Waals surface area contributed by atoms with Crippen LogP contribution in [0.5, 0.6) is 0 Å². The molecule has 10 heavy (non-hydrogen) atoms. The van der Waals surface area contributed by atoms with Gasteiger partial charge in [0, 0.05) is 11.5 Å². The largest absolute Gasteiger partial charge is 0.317 e. The lowest BCUT2D eigenvalue weighted by Crippen LogP contribution is -1.85. The quantitative estimate of drug-likeness (QED) is 0.563. The molecule has 0 fully saturated rings. The Kier molecular flexibility index (Phi) is 1.00. The van der Waals surface area contributed by atoms with Crippen molar-refractivity contribution in [1.29, 1.82) is 0 Å². The van der Waals surface area contributed by atoms with Gasteiger partial charge in [0.05, 0.1) is 0 Å². The van der Waals surface area contributed by atoms with Gasteiger partial charge in [0.1, 0.15) is 0 Å². The molecule has 5 nitrogen and oxygen atoms in total. The van der Waals surface area contributed by atoms with Crippen LogP contribution in [0.25, 0.3) is 6.08 Å². The molecule has 0 atom stereocenters. The number of rotatable bonds is 0. The van der Waals surface area contributed by atoms with Crippen molar-refractivity contribution in [2.45, 2.75) is 0 Å². The second kappa shape index (κ2) is 1.94. The number of hydrogen-bond acceptors (Lipinski definition) is 5. The summed E-state index contributed by atoms with van der Waals surface area (Å²) in [6, 6.07) is 0. The van der Waals surface area contributed by atoms with Crippen LogP contribution in [0.15, 0.2) is 15.7 Å². The van der Waals surface area contributed by atoms with Crippen LogP contribution in [0.1, 0.15) is 5.69 Å². The third kappa shape index (κ3) is 0.680. The molecular weight excluding hydrogens is 132 g/mol.